The number of aromatic nitrogens is 2. The van der Waals surface area contributed by atoms with Gasteiger partial charge in [-0.2, -0.15) is 0 Å². The Kier molecular flexibility index (Phi) is 3.75. The quantitative estimate of drug-likeness (QED) is 0.880. The van der Waals surface area contributed by atoms with Gasteiger partial charge in [0.05, 0.1) is 11.3 Å². The maximum Gasteiger partial charge on any atom is 0.339 e. The fraction of sp³-hybridized carbons (Fsp3) is 0.214. The lowest BCUT2D eigenvalue weighted by Gasteiger charge is -2.10. The zero-order chi connectivity index (χ0) is 13.8. The van der Waals surface area contributed by atoms with E-state index in [1.165, 1.54) is 6.20 Å². The highest BCUT2D eigenvalue weighted by atomic mass is 16.4. The van der Waals surface area contributed by atoms with E-state index in [0.717, 1.165) is 17.7 Å². The summed E-state index contributed by atoms with van der Waals surface area (Å²) in [4.78, 5) is 19.1. The highest BCUT2D eigenvalue weighted by molar-refractivity contribution is 5.88. The van der Waals surface area contributed by atoms with Gasteiger partial charge in [-0.25, -0.2) is 14.8 Å². The molecule has 0 radical (unpaired) electrons. The highest BCUT2D eigenvalue weighted by Gasteiger charge is 2.10. The van der Waals surface area contributed by atoms with Crippen molar-refractivity contribution in [3.05, 3.63) is 47.3 Å². The molecule has 0 aliphatic heterocycles. The van der Waals surface area contributed by atoms with Crippen molar-refractivity contribution in [1.29, 1.82) is 0 Å². The summed E-state index contributed by atoms with van der Waals surface area (Å²) in [6.45, 7) is 3.72. The van der Waals surface area contributed by atoms with E-state index in [2.05, 4.69) is 22.2 Å². The van der Waals surface area contributed by atoms with Gasteiger partial charge in [0.25, 0.3) is 0 Å². The Morgan fingerprint density at radius 1 is 1.37 bits per heavy atom. The van der Waals surface area contributed by atoms with Crippen LogP contribution in [0.15, 0.2) is 30.5 Å². The van der Waals surface area contributed by atoms with E-state index in [0.29, 0.717) is 11.6 Å². The predicted octanol–water partition coefficient (Wildman–Crippen LogP) is 2.79. The topological polar surface area (TPSA) is 75.1 Å². The second kappa shape index (κ2) is 5.48. The molecule has 2 rings (SSSR count). The third-order valence-electron chi connectivity index (χ3n) is 2.85. The number of para-hydroxylation sites is 1. The molecular formula is C14H15N3O2. The van der Waals surface area contributed by atoms with E-state index >= 15 is 0 Å². The molecule has 1 aromatic heterocycles. The van der Waals surface area contributed by atoms with Gasteiger partial charge in [0.1, 0.15) is 0 Å². The zero-order valence-corrected chi connectivity index (χ0v) is 10.8. The molecule has 5 heteroatoms. The molecule has 0 fully saturated rings. The standard InChI is InChI=1S/C14H15N3O2/c1-3-10-6-4-5-7-12(10)17-14-15-8-11(13(18)19)9(2)16-14/h4-8H,3H2,1-2H3,(H,18,19)(H,15,16,17). The second-order valence-corrected chi connectivity index (χ2v) is 4.13. The molecule has 1 aromatic carbocycles. The Labute approximate surface area is 111 Å². The number of nitrogens with zero attached hydrogens (tertiary/aromatic N) is 2. The number of hydrogen-bond donors (Lipinski definition) is 2. The summed E-state index contributed by atoms with van der Waals surface area (Å²) in [7, 11) is 0. The van der Waals surface area contributed by atoms with Gasteiger partial charge >= 0.3 is 5.97 Å². The molecule has 0 aliphatic carbocycles. The first-order chi connectivity index (χ1) is 9.11. The van der Waals surface area contributed by atoms with Gasteiger partial charge in [0.2, 0.25) is 5.95 Å². The summed E-state index contributed by atoms with van der Waals surface area (Å²) < 4.78 is 0. The van der Waals surface area contributed by atoms with Crippen molar-refractivity contribution in [3.8, 4) is 0 Å². The van der Waals surface area contributed by atoms with Crippen LogP contribution in [-0.4, -0.2) is 21.0 Å². The van der Waals surface area contributed by atoms with Crippen molar-refractivity contribution >= 4 is 17.6 Å². The Bertz CT molecular complexity index is 611. The second-order valence-electron chi connectivity index (χ2n) is 4.13. The first kappa shape index (κ1) is 13.0. The number of aryl methyl sites for hydroxylation is 2. The lowest BCUT2D eigenvalue weighted by Crippen LogP contribution is -2.06. The molecule has 0 spiro atoms. The predicted molar refractivity (Wildman–Crippen MR) is 72.8 cm³/mol. The summed E-state index contributed by atoms with van der Waals surface area (Å²) in [6, 6.07) is 7.88. The van der Waals surface area contributed by atoms with Crippen molar-refractivity contribution in [1.82, 2.24) is 9.97 Å². The monoisotopic (exact) mass is 257 g/mol. The molecule has 98 valence electrons. The van der Waals surface area contributed by atoms with E-state index in [4.69, 9.17) is 5.11 Å². The highest BCUT2D eigenvalue weighted by Crippen LogP contribution is 2.19. The van der Waals surface area contributed by atoms with Gasteiger partial charge in [-0.15, -0.1) is 0 Å². The van der Waals surface area contributed by atoms with Crippen LogP contribution in [0.1, 0.15) is 28.5 Å². The average Bonchev–Trinajstić information content (AvgIpc) is 2.39. The third kappa shape index (κ3) is 2.88. The number of aromatic carboxylic acids is 1. The zero-order valence-electron chi connectivity index (χ0n) is 10.8. The van der Waals surface area contributed by atoms with E-state index < -0.39 is 5.97 Å². The smallest absolute Gasteiger partial charge is 0.339 e. The lowest BCUT2D eigenvalue weighted by molar-refractivity contribution is 0.0695. The van der Waals surface area contributed by atoms with Crippen LogP contribution in [0.3, 0.4) is 0 Å². The molecule has 0 saturated carbocycles. The van der Waals surface area contributed by atoms with Crippen LogP contribution < -0.4 is 5.32 Å². The number of benzene rings is 1. The van der Waals surface area contributed by atoms with Crippen LogP contribution in [0.25, 0.3) is 0 Å². The Morgan fingerprint density at radius 2 is 2.11 bits per heavy atom. The minimum absolute atomic E-state index is 0.120. The average molecular weight is 257 g/mol. The number of hydrogen-bond acceptors (Lipinski definition) is 4. The summed E-state index contributed by atoms with van der Waals surface area (Å²) in [5.74, 6) is -0.610. The first-order valence-corrected chi connectivity index (χ1v) is 6.03. The largest absolute Gasteiger partial charge is 0.478 e. The summed E-state index contributed by atoms with van der Waals surface area (Å²) in [5, 5.41) is 12.0. The molecule has 0 saturated heterocycles. The SMILES string of the molecule is CCc1ccccc1Nc1ncc(C(=O)O)c(C)n1. The third-order valence-corrected chi connectivity index (χ3v) is 2.85. The number of carboxylic acid groups (broad SMARTS) is 1. The van der Waals surface area contributed by atoms with Crippen LogP contribution in [0, 0.1) is 6.92 Å². The number of nitrogens with one attached hydrogen (secondary N) is 1. The molecule has 0 unspecified atom stereocenters. The lowest BCUT2D eigenvalue weighted by atomic mass is 10.1. The summed E-state index contributed by atoms with van der Waals surface area (Å²) >= 11 is 0. The molecule has 5 nitrogen and oxygen atoms in total. The fourth-order valence-electron chi connectivity index (χ4n) is 1.81. The molecule has 0 aliphatic rings. The maximum atomic E-state index is 10.9. The first-order valence-electron chi connectivity index (χ1n) is 6.03. The van der Waals surface area contributed by atoms with Gasteiger partial charge < -0.3 is 10.4 Å². The molecule has 19 heavy (non-hydrogen) atoms. The summed E-state index contributed by atoms with van der Waals surface area (Å²) in [6.07, 6.45) is 2.22. The Morgan fingerprint density at radius 3 is 2.74 bits per heavy atom. The van der Waals surface area contributed by atoms with Crippen LogP contribution >= 0.6 is 0 Å². The molecule has 0 atom stereocenters. The number of carboxylic acids is 1. The van der Waals surface area contributed by atoms with Gasteiger partial charge in [0, 0.05) is 11.9 Å². The molecule has 0 bridgehead atoms. The van der Waals surface area contributed by atoms with E-state index in [1.54, 1.807) is 6.92 Å². The molecule has 0 amide bonds. The van der Waals surface area contributed by atoms with Crippen molar-refractivity contribution < 1.29 is 9.90 Å². The minimum atomic E-state index is -1.02. The van der Waals surface area contributed by atoms with Crippen molar-refractivity contribution in [2.24, 2.45) is 0 Å². The van der Waals surface area contributed by atoms with E-state index in [9.17, 15) is 4.79 Å². The number of carbonyl (C=O) groups is 1. The van der Waals surface area contributed by atoms with Crippen LogP contribution in [-0.2, 0) is 6.42 Å². The van der Waals surface area contributed by atoms with Crippen molar-refractivity contribution in [3.63, 3.8) is 0 Å². The van der Waals surface area contributed by atoms with E-state index in [1.807, 2.05) is 24.3 Å². The van der Waals surface area contributed by atoms with Gasteiger partial charge in [-0.1, -0.05) is 25.1 Å². The van der Waals surface area contributed by atoms with Crippen LogP contribution in [0.2, 0.25) is 0 Å². The fourth-order valence-corrected chi connectivity index (χ4v) is 1.81. The normalized spacial score (nSPS) is 10.2. The van der Waals surface area contributed by atoms with Gasteiger partial charge in [-0.3, -0.25) is 0 Å². The van der Waals surface area contributed by atoms with Crippen molar-refractivity contribution in [2.45, 2.75) is 20.3 Å². The maximum absolute atomic E-state index is 10.9. The summed E-state index contributed by atoms with van der Waals surface area (Å²) in [5.41, 5.74) is 2.66. The number of anilines is 2. The van der Waals surface area contributed by atoms with E-state index in [-0.39, 0.29) is 5.56 Å². The molecule has 2 N–H and O–H groups in total. The van der Waals surface area contributed by atoms with Crippen LogP contribution in [0.5, 0.6) is 0 Å². The van der Waals surface area contributed by atoms with Gasteiger partial charge in [0.15, 0.2) is 0 Å². The van der Waals surface area contributed by atoms with Crippen LogP contribution in [0.4, 0.5) is 11.6 Å². The number of rotatable bonds is 4. The Hall–Kier alpha value is -2.43. The van der Waals surface area contributed by atoms with Gasteiger partial charge in [-0.05, 0) is 25.0 Å². The molecule has 1 heterocycles. The molecular weight excluding hydrogens is 242 g/mol. The van der Waals surface area contributed by atoms with Crippen molar-refractivity contribution in [2.75, 3.05) is 5.32 Å². The Balaban J connectivity index is 2.29. The molecule has 2 aromatic rings. The minimum Gasteiger partial charge on any atom is -0.478 e.